The van der Waals surface area contributed by atoms with Crippen molar-refractivity contribution in [1.82, 2.24) is 5.32 Å². The highest BCUT2D eigenvalue weighted by atomic mass is 16.6. The zero-order valence-corrected chi connectivity index (χ0v) is 13.4. The summed E-state index contributed by atoms with van der Waals surface area (Å²) < 4.78 is 4.89. The Hall–Kier alpha value is -3.44. The second kappa shape index (κ2) is 6.98. The van der Waals surface area contributed by atoms with Gasteiger partial charge in [-0.2, -0.15) is 0 Å². The van der Waals surface area contributed by atoms with E-state index in [4.69, 9.17) is 4.74 Å². The van der Waals surface area contributed by atoms with Crippen molar-refractivity contribution in [2.45, 2.75) is 32.4 Å². The molecule has 0 aliphatic carbocycles. The summed E-state index contributed by atoms with van der Waals surface area (Å²) in [5.41, 5.74) is -3.56. The van der Waals surface area contributed by atoms with Crippen molar-refractivity contribution in [1.29, 1.82) is 0 Å². The van der Waals surface area contributed by atoms with Gasteiger partial charge in [0.2, 0.25) is 0 Å². The molecule has 0 radical (unpaired) electrons. The van der Waals surface area contributed by atoms with Crippen LogP contribution in [0.25, 0.3) is 0 Å². The lowest BCUT2D eigenvalue weighted by Crippen LogP contribution is -2.38. The first-order chi connectivity index (χ1) is 11.3. The zero-order valence-electron chi connectivity index (χ0n) is 13.4. The number of carboxylic acids is 1. The number of amides is 1. The number of carbonyl (C=O) groups is 2. The number of phenolic OH excluding ortho intramolecular Hbond substituents is 1. The molecule has 0 aromatic heterocycles. The molecule has 1 atom stereocenters. The van der Waals surface area contributed by atoms with Crippen LogP contribution in [0.3, 0.4) is 0 Å². The molecule has 1 unspecified atom stereocenters. The van der Waals surface area contributed by atoms with E-state index in [2.05, 4.69) is 0 Å². The van der Waals surface area contributed by atoms with Crippen molar-refractivity contribution in [3.8, 4) is 5.75 Å². The molecule has 1 rings (SSSR count). The van der Waals surface area contributed by atoms with Crippen molar-refractivity contribution in [2.75, 3.05) is 0 Å². The standard InChI is InChI=1S/C13H15N3O9/c1-13(2,3)25-12(20)14-9(11(18)19)6-4-7(15(21)22)10(17)8(5-6)16(23)24/h4-5,9,17H,1-3H3,(H,14,20)(H,18,19). The average molecular weight is 357 g/mol. The first kappa shape index (κ1) is 19.6. The number of nitrogens with zero attached hydrogens (tertiary/aromatic N) is 2. The Labute approximate surface area is 140 Å². The number of carboxylic acid groups (broad SMARTS) is 1. The number of hydrogen-bond acceptors (Lipinski definition) is 8. The van der Waals surface area contributed by atoms with Crippen LogP contribution in [0.5, 0.6) is 5.75 Å². The normalized spacial score (nSPS) is 12.1. The fourth-order valence-corrected chi connectivity index (χ4v) is 1.78. The number of nitrogens with one attached hydrogen (secondary N) is 1. The van der Waals surface area contributed by atoms with Gasteiger partial charge >= 0.3 is 23.4 Å². The van der Waals surface area contributed by atoms with Gasteiger partial charge in [0.1, 0.15) is 5.60 Å². The summed E-state index contributed by atoms with van der Waals surface area (Å²) in [4.78, 5) is 42.7. The van der Waals surface area contributed by atoms with Crippen molar-refractivity contribution in [2.24, 2.45) is 0 Å². The molecule has 0 bridgehead atoms. The largest absolute Gasteiger partial charge is 0.497 e. The molecule has 0 fully saturated rings. The monoisotopic (exact) mass is 357 g/mol. The SMILES string of the molecule is CC(C)(C)OC(=O)NC(C(=O)O)c1cc([N+](=O)[O-])c(O)c([N+](=O)[O-])c1. The minimum atomic E-state index is -1.87. The van der Waals surface area contributed by atoms with Gasteiger partial charge in [-0.25, -0.2) is 9.59 Å². The molecule has 12 nitrogen and oxygen atoms in total. The number of nitro benzene ring substituents is 2. The predicted molar refractivity (Wildman–Crippen MR) is 81.2 cm³/mol. The molecule has 136 valence electrons. The zero-order chi connectivity index (χ0) is 19.5. The van der Waals surface area contributed by atoms with Crippen LogP contribution in [0.2, 0.25) is 0 Å². The molecule has 0 aliphatic rings. The number of alkyl carbamates (subject to hydrolysis) is 1. The van der Waals surface area contributed by atoms with Crippen molar-refractivity contribution in [3.05, 3.63) is 37.9 Å². The summed E-state index contributed by atoms with van der Waals surface area (Å²) in [7, 11) is 0. The molecule has 0 saturated heterocycles. The van der Waals surface area contributed by atoms with E-state index in [-0.39, 0.29) is 0 Å². The molecular formula is C13H15N3O9. The number of benzene rings is 1. The second-order valence-corrected chi connectivity index (χ2v) is 5.84. The van der Waals surface area contributed by atoms with E-state index >= 15 is 0 Å². The maximum atomic E-state index is 11.7. The van der Waals surface area contributed by atoms with Crippen molar-refractivity contribution in [3.63, 3.8) is 0 Å². The van der Waals surface area contributed by atoms with Crippen LogP contribution in [-0.2, 0) is 9.53 Å². The van der Waals surface area contributed by atoms with E-state index in [0.29, 0.717) is 12.1 Å². The Balaban J connectivity index is 3.37. The molecule has 25 heavy (non-hydrogen) atoms. The number of rotatable bonds is 5. The van der Waals surface area contributed by atoms with Gasteiger partial charge in [-0.1, -0.05) is 0 Å². The number of aromatic hydroxyl groups is 1. The molecule has 0 aliphatic heterocycles. The Kier molecular flexibility index (Phi) is 5.48. The summed E-state index contributed by atoms with van der Waals surface area (Å²) >= 11 is 0. The van der Waals surface area contributed by atoms with Crippen LogP contribution in [-0.4, -0.2) is 37.7 Å². The van der Waals surface area contributed by atoms with Gasteiger partial charge in [0.05, 0.1) is 9.85 Å². The molecule has 0 heterocycles. The smallest absolute Gasteiger partial charge is 0.408 e. The van der Waals surface area contributed by atoms with Crippen LogP contribution in [0.15, 0.2) is 12.1 Å². The Morgan fingerprint density at radius 2 is 1.60 bits per heavy atom. The molecule has 0 saturated carbocycles. The van der Waals surface area contributed by atoms with Gasteiger partial charge in [0.25, 0.3) is 5.75 Å². The number of ether oxygens (including phenoxy) is 1. The van der Waals surface area contributed by atoms with Crippen molar-refractivity contribution < 1.29 is 34.4 Å². The molecule has 1 amide bonds. The summed E-state index contributed by atoms with van der Waals surface area (Å²) in [5, 5.41) is 42.6. The highest BCUT2D eigenvalue weighted by molar-refractivity contribution is 5.82. The van der Waals surface area contributed by atoms with Gasteiger partial charge < -0.3 is 20.3 Å². The molecular weight excluding hydrogens is 342 g/mol. The maximum absolute atomic E-state index is 11.7. The Morgan fingerprint density at radius 1 is 1.16 bits per heavy atom. The number of carbonyl (C=O) groups excluding carboxylic acids is 1. The topological polar surface area (TPSA) is 182 Å². The quantitative estimate of drug-likeness (QED) is 0.523. The molecule has 1 aromatic carbocycles. The molecule has 12 heteroatoms. The maximum Gasteiger partial charge on any atom is 0.408 e. The summed E-state index contributed by atoms with van der Waals surface area (Å²) in [5.74, 6) is -2.86. The highest BCUT2D eigenvalue weighted by Crippen LogP contribution is 2.38. The van der Waals surface area contributed by atoms with Gasteiger partial charge in [0, 0.05) is 12.1 Å². The van der Waals surface area contributed by atoms with E-state index in [1.807, 2.05) is 5.32 Å². The molecule has 3 N–H and O–H groups in total. The fourth-order valence-electron chi connectivity index (χ4n) is 1.78. The first-order valence-corrected chi connectivity index (χ1v) is 6.71. The first-order valence-electron chi connectivity index (χ1n) is 6.71. The number of nitro groups is 2. The van der Waals surface area contributed by atoms with E-state index < -0.39 is 56.2 Å². The lowest BCUT2D eigenvalue weighted by Gasteiger charge is -2.22. The van der Waals surface area contributed by atoms with E-state index in [9.17, 15) is 40.0 Å². The minimum absolute atomic E-state index is 0.477. The van der Waals surface area contributed by atoms with Crippen molar-refractivity contribution >= 4 is 23.4 Å². The molecule has 1 aromatic rings. The fraction of sp³-hybridized carbons (Fsp3) is 0.385. The number of aliphatic carboxylic acids is 1. The Bertz CT molecular complexity index is 704. The highest BCUT2D eigenvalue weighted by Gasteiger charge is 2.32. The van der Waals surface area contributed by atoms with E-state index in [0.717, 1.165) is 0 Å². The van der Waals surface area contributed by atoms with Crippen LogP contribution in [0.1, 0.15) is 32.4 Å². The van der Waals surface area contributed by atoms with Gasteiger partial charge in [-0.15, -0.1) is 0 Å². The van der Waals surface area contributed by atoms with E-state index in [1.165, 1.54) is 20.8 Å². The van der Waals surface area contributed by atoms with Gasteiger partial charge in [-0.3, -0.25) is 20.2 Å². The third kappa shape index (κ3) is 5.02. The predicted octanol–water partition coefficient (Wildman–Crippen LogP) is 1.86. The number of hydrogen-bond donors (Lipinski definition) is 3. The van der Waals surface area contributed by atoms with Crippen LogP contribution >= 0.6 is 0 Å². The lowest BCUT2D eigenvalue weighted by atomic mass is 10.0. The van der Waals surface area contributed by atoms with Crippen LogP contribution < -0.4 is 5.32 Å². The van der Waals surface area contributed by atoms with E-state index in [1.54, 1.807) is 0 Å². The molecule has 0 spiro atoms. The third-order valence-corrected chi connectivity index (χ3v) is 2.73. The minimum Gasteiger partial charge on any atom is -0.497 e. The Morgan fingerprint density at radius 3 is 1.92 bits per heavy atom. The van der Waals surface area contributed by atoms with Gasteiger partial charge in [0.15, 0.2) is 6.04 Å². The average Bonchev–Trinajstić information content (AvgIpc) is 2.42. The lowest BCUT2D eigenvalue weighted by molar-refractivity contribution is -0.396. The summed E-state index contributed by atoms with van der Waals surface area (Å²) in [6.07, 6.45) is -1.14. The summed E-state index contributed by atoms with van der Waals surface area (Å²) in [6.45, 7) is 4.58. The number of phenols is 1. The second-order valence-electron chi connectivity index (χ2n) is 5.84. The van der Waals surface area contributed by atoms with Gasteiger partial charge in [-0.05, 0) is 26.3 Å². The third-order valence-electron chi connectivity index (χ3n) is 2.73. The van der Waals surface area contributed by atoms with Crippen LogP contribution in [0.4, 0.5) is 16.2 Å². The van der Waals surface area contributed by atoms with Crippen LogP contribution in [0, 0.1) is 20.2 Å². The summed E-state index contributed by atoms with van der Waals surface area (Å²) in [6, 6.07) is -0.621.